The summed E-state index contributed by atoms with van der Waals surface area (Å²) in [6.45, 7) is 6.52. The number of hydrogen-bond donors (Lipinski definition) is 1. The molecule has 2 fully saturated rings. The maximum absolute atomic E-state index is 12.3. The number of nitrogens with zero attached hydrogens (tertiary/aromatic N) is 3. The number of aryl methyl sites for hydroxylation is 2. The highest BCUT2D eigenvalue weighted by atomic mass is 16.5. The molecule has 0 bridgehead atoms. The van der Waals surface area contributed by atoms with Crippen LogP contribution in [0.4, 0.5) is 0 Å². The minimum absolute atomic E-state index is 0.00644. The summed E-state index contributed by atoms with van der Waals surface area (Å²) in [7, 11) is 0. The first-order valence-corrected chi connectivity index (χ1v) is 7.19. The second-order valence-electron chi connectivity index (χ2n) is 6.01. The van der Waals surface area contributed by atoms with Gasteiger partial charge in [-0.15, -0.1) is 0 Å². The van der Waals surface area contributed by atoms with Crippen molar-refractivity contribution < 1.29 is 9.53 Å². The van der Waals surface area contributed by atoms with Crippen LogP contribution in [0.5, 0.6) is 0 Å². The normalized spacial score (nSPS) is 24.8. The number of rotatable bonds is 3. The molecule has 1 saturated heterocycles. The molecule has 0 spiro atoms. The number of morpholine rings is 1. The van der Waals surface area contributed by atoms with Gasteiger partial charge in [0.1, 0.15) is 0 Å². The van der Waals surface area contributed by atoms with E-state index in [1.807, 2.05) is 29.5 Å². The van der Waals surface area contributed by atoms with Gasteiger partial charge >= 0.3 is 0 Å². The summed E-state index contributed by atoms with van der Waals surface area (Å²) in [4.78, 5) is 14.1. The Morgan fingerprint density at radius 3 is 2.90 bits per heavy atom. The van der Waals surface area contributed by atoms with Crippen LogP contribution in [0.3, 0.4) is 0 Å². The van der Waals surface area contributed by atoms with Gasteiger partial charge in [-0.3, -0.25) is 9.48 Å². The Hall–Kier alpha value is -1.40. The second-order valence-corrected chi connectivity index (χ2v) is 6.01. The molecule has 2 heterocycles. The van der Waals surface area contributed by atoms with E-state index in [9.17, 15) is 4.79 Å². The van der Waals surface area contributed by atoms with E-state index in [2.05, 4.69) is 5.10 Å². The van der Waals surface area contributed by atoms with Crippen LogP contribution in [0.15, 0.2) is 6.07 Å². The zero-order valence-electron chi connectivity index (χ0n) is 12.1. The zero-order valence-corrected chi connectivity index (χ0v) is 12.1. The van der Waals surface area contributed by atoms with Gasteiger partial charge < -0.3 is 15.4 Å². The highest BCUT2D eigenvalue weighted by Gasteiger charge is 2.48. The molecule has 6 heteroatoms. The number of ether oxygens (including phenoxy) is 1. The Bertz CT molecular complexity index is 521. The molecular formula is C14H22N4O2. The lowest BCUT2D eigenvalue weighted by Gasteiger charge is -2.34. The number of amides is 1. The molecule has 1 aromatic rings. The van der Waals surface area contributed by atoms with Crippen molar-refractivity contribution in [1.29, 1.82) is 0 Å². The number of hydrogen-bond acceptors (Lipinski definition) is 4. The minimum Gasteiger partial charge on any atom is -0.373 e. The van der Waals surface area contributed by atoms with Crippen LogP contribution in [-0.2, 0) is 16.1 Å². The summed E-state index contributed by atoms with van der Waals surface area (Å²) >= 11 is 0. The van der Waals surface area contributed by atoms with Crippen LogP contribution >= 0.6 is 0 Å². The lowest BCUT2D eigenvalue weighted by Crippen LogP contribution is -2.53. The third-order valence-electron chi connectivity index (χ3n) is 4.12. The van der Waals surface area contributed by atoms with Gasteiger partial charge in [0.25, 0.3) is 0 Å². The van der Waals surface area contributed by atoms with E-state index in [0.29, 0.717) is 26.2 Å². The fraction of sp³-hybridized carbons (Fsp3) is 0.714. The molecular weight excluding hydrogens is 256 g/mol. The summed E-state index contributed by atoms with van der Waals surface area (Å²) < 4.78 is 7.71. The summed E-state index contributed by atoms with van der Waals surface area (Å²) in [6, 6.07) is 2.05. The summed E-state index contributed by atoms with van der Waals surface area (Å²) in [5, 5.41) is 4.44. The molecule has 1 saturated carbocycles. The molecule has 2 aliphatic rings. The van der Waals surface area contributed by atoms with E-state index in [-0.39, 0.29) is 12.0 Å². The summed E-state index contributed by atoms with van der Waals surface area (Å²) in [6.07, 6.45) is 1.62. The Kier molecular flexibility index (Phi) is 3.30. The maximum Gasteiger partial charge on any atom is 0.242 e. The number of nitrogens with two attached hydrogens (primary N) is 1. The smallest absolute Gasteiger partial charge is 0.242 e. The summed E-state index contributed by atoms with van der Waals surface area (Å²) in [5.74, 6) is 0.0826. The summed E-state index contributed by atoms with van der Waals surface area (Å²) in [5.41, 5.74) is 7.54. The molecule has 110 valence electrons. The van der Waals surface area contributed by atoms with Crippen molar-refractivity contribution in [2.75, 3.05) is 19.7 Å². The van der Waals surface area contributed by atoms with Gasteiger partial charge in [0.15, 0.2) is 0 Å². The van der Waals surface area contributed by atoms with Crippen molar-refractivity contribution in [3.8, 4) is 0 Å². The average Bonchev–Trinajstić information content (AvgIpc) is 3.08. The van der Waals surface area contributed by atoms with Crippen LogP contribution in [0.1, 0.15) is 24.2 Å². The zero-order chi connectivity index (χ0) is 14.3. The first-order chi connectivity index (χ1) is 9.48. The third kappa shape index (κ3) is 2.58. The average molecular weight is 278 g/mol. The van der Waals surface area contributed by atoms with E-state index in [0.717, 1.165) is 24.2 Å². The molecule has 6 nitrogen and oxygen atoms in total. The maximum atomic E-state index is 12.3. The van der Waals surface area contributed by atoms with Crippen LogP contribution in [0.25, 0.3) is 0 Å². The van der Waals surface area contributed by atoms with Crippen molar-refractivity contribution in [1.82, 2.24) is 14.7 Å². The number of aromatic nitrogens is 2. The first kappa shape index (κ1) is 13.6. The third-order valence-corrected chi connectivity index (χ3v) is 4.12. The van der Waals surface area contributed by atoms with E-state index in [1.165, 1.54) is 0 Å². The molecule has 1 atom stereocenters. The Morgan fingerprint density at radius 2 is 2.30 bits per heavy atom. The molecule has 1 aliphatic carbocycles. The highest BCUT2D eigenvalue weighted by Crippen LogP contribution is 2.34. The van der Waals surface area contributed by atoms with Gasteiger partial charge in [-0.2, -0.15) is 5.10 Å². The first-order valence-electron chi connectivity index (χ1n) is 7.19. The van der Waals surface area contributed by atoms with Gasteiger partial charge in [-0.1, -0.05) is 0 Å². The van der Waals surface area contributed by atoms with E-state index in [1.54, 1.807) is 0 Å². The van der Waals surface area contributed by atoms with Crippen LogP contribution < -0.4 is 5.73 Å². The van der Waals surface area contributed by atoms with Crippen molar-refractivity contribution >= 4 is 5.91 Å². The Labute approximate surface area is 118 Å². The number of carbonyl (C=O) groups excluding carboxylic acids is 1. The Balaban J connectivity index is 1.63. The second kappa shape index (κ2) is 4.86. The minimum atomic E-state index is -0.583. The molecule has 1 amide bonds. The SMILES string of the molecule is Cc1cc(C)n(CC2CN(C(=O)C3(N)CC3)CCO2)n1. The van der Waals surface area contributed by atoms with Gasteiger partial charge in [0.2, 0.25) is 5.91 Å². The van der Waals surface area contributed by atoms with E-state index >= 15 is 0 Å². The van der Waals surface area contributed by atoms with Crippen molar-refractivity contribution in [3.05, 3.63) is 17.5 Å². The van der Waals surface area contributed by atoms with E-state index in [4.69, 9.17) is 10.5 Å². The molecule has 0 aromatic carbocycles. The molecule has 3 rings (SSSR count). The topological polar surface area (TPSA) is 73.4 Å². The predicted octanol–water partition coefficient (Wildman–Crippen LogP) is 0.219. The lowest BCUT2D eigenvalue weighted by molar-refractivity contribution is -0.141. The molecule has 20 heavy (non-hydrogen) atoms. The Morgan fingerprint density at radius 1 is 1.55 bits per heavy atom. The molecule has 2 N–H and O–H groups in total. The molecule has 0 radical (unpaired) electrons. The van der Waals surface area contributed by atoms with Gasteiger partial charge in [-0.05, 0) is 32.8 Å². The monoisotopic (exact) mass is 278 g/mol. The van der Waals surface area contributed by atoms with Gasteiger partial charge in [0.05, 0.1) is 30.5 Å². The standard InChI is InChI=1S/C14H22N4O2/c1-10-7-11(2)18(16-10)9-12-8-17(5-6-20-12)13(19)14(15)3-4-14/h7,12H,3-6,8-9,15H2,1-2H3. The fourth-order valence-corrected chi connectivity index (χ4v) is 2.73. The van der Waals surface area contributed by atoms with Gasteiger partial charge in [-0.25, -0.2) is 0 Å². The molecule has 1 aliphatic heterocycles. The molecule has 1 unspecified atom stereocenters. The predicted molar refractivity (Wildman–Crippen MR) is 74.2 cm³/mol. The van der Waals surface area contributed by atoms with E-state index < -0.39 is 5.54 Å². The lowest BCUT2D eigenvalue weighted by atomic mass is 10.2. The molecule has 1 aromatic heterocycles. The van der Waals surface area contributed by atoms with Crippen LogP contribution in [0.2, 0.25) is 0 Å². The van der Waals surface area contributed by atoms with Crippen molar-refractivity contribution in [2.45, 2.75) is 44.9 Å². The van der Waals surface area contributed by atoms with Gasteiger partial charge in [0, 0.05) is 18.8 Å². The fourth-order valence-electron chi connectivity index (χ4n) is 2.73. The largest absolute Gasteiger partial charge is 0.373 e. The van der Waals surface area contributed by atoms with Crippen molar-refractivity contribution in [2.24, 2.45) is 5.73 Å². The van der Waals surface area contributed by atoms with Crippen molar-refractivity contribution in [3.63, 3.8) is 0 Å². The highest BCUT2D eigenvalue weighted by molar-refractivity contribution is 5.89. The number of carbonyl (C=O) groups is 1. The quantitative estimate of drug-likeness (QED) is 0.858. The van der Waals surface area contributed by atoms with Crippen LogP contribution in [-0.4, -0.2) is 51.9 Å². The van der Waals surface area contributed by atoms with Crippen LogP contribution in [0, 0.1) is 13.8 Å².